The van der Waals surface area contributed by atoms with Crippen molar-refractivity contribution in [3.8, 4) is 5.69 Å². The van der Waals surface area contributed by atoms with E-state index in [1.165, 1.54) is 0 Å². The van der Waals surface area contributed by atoms with E-state index >= 15 is 0 Å². The summed E-state index contributed by atoms with van der Waals surface area (Å²) in [6.07, 6.45) is 4.00. The van der Waals surface area contributed by atoms with Gasteiger partial charge < -0.3 is 15.1 Å². The van der Waals surface area contributed by atoms with E-state index < -0.39 is 10.1 Å². The number of piperazine rings is 1. The molecule has 1 unspecified atom stereocenters. The summed E-state index contributed by atoms with van der Waals surface area (Å²) in [4.78, 5) is 34.1. The van der Waals surface area contributed by atoms with Crippen LogP contribution in [0.3, 0.4) is 0 Å². The number of hydrogen-bond acceptors (Lipinski definition) is 7. The number of benzene rings is 1. The van der Waals surface area contributed by atoms with Crippen LogP contribution in [0.5, 0.6) is 0 Å². The number of nitrogens with zero attached hydrogens (tertiary/aromatic N) is 5. The van der Waals surface area contributed by atoms with Crippen molar-refractivity contribution in [2.24, 2.45) is 5.92 Å². The molecule has 0 saturated carbocycles. The first kappa shape index (κ1) is 34.5. The molecule has 1 aliphatic heterocycles. The topological polar surface area (TPSA) is 150 Å². The zero-order valence-corrected chi connectivity index (χ0v) is 27.5. The van der Waals surface area contributed by atoms with Gasteiger partial charge in [-0.1, -0.05) is 58.7 Å². The molecule has 1 atom stereocenters. The van der Waals surface area contributed by atoms with E-state index in [0.717, 1.165) is 42.3 Å². The first-order valence-corrected chi connectivity index (χ1v) is 16.5. The van der Waals surface area contributed by atoms with Crippen LogP contribution in [-0.4, -0.2) is 77.0 Å². The van der Waals surface area contributed by atoms with E-state index in [1.54, 1.807) is 10.9 Å². The second kappa shape index (κ2) is 14.7. The minimum atomic E-state index is -3.67. The number of aromatic nitrogens is 3. The molecule has 3 aromatic rings. The van der Waals surface area contributed by atoms with Gasteiger partial charge in [0, 0.05) is 44.1 Å². The predicted octanol–water partition coefficient (Wildman–Crippen LogP) is 5.11. The molecule has 3 heterocycles. The normalized spacial score (nSPS) is 14.4. The molecule has 1 aromatic carbocycles. The van der Waals surface area contributed by atoms with Crippen molar-refractivity contribution in [2.45, 2.75) is 59.8 Å². The molecular formula is C31H45N7O5S. The van der Waals surface area contributed by atoms with Crippen molar-refractivity contribution in [3.05, 3.63) is 59.9 Å². The zero-order chi connectivity index (χ0) is 32.7. The van der Waals surface area contributed by atoms with Crippen molar-refractivity contribution >= 4 is 39.4 Å². The van der Waals surface area contributed by atoms with Crippen LogP contribution >= 0.6 is 0 Å². The maximum Gasteiger partial charge on any atom is 0.324 e. The van der Waals surface area contributed by atoms with E-state index in [-0.39, 0.29) is 17.4 Å². The molecular weight excluding hydrogens is 582 g/mol. The van der Waals surface area contributed by atoms with Gasteiger partial charge in [-0.15, -0.1) is 0 Å². The van der Waals surface area contributed by atoms with Gasteiger partial charge in [-0.05, 0) is 37.1 Å². The molecule has 2 aromatic heterocycles. The summed E-state index contributed by atoms with van der Waals surface area (Å²) in [6.45, 7) is 15.4. The summed E-state index contributed by atoms with van der Waals surface area (Å²) in [6, 6.07) is 13.3. The van der Waals surface area contributed by atoms with Crippen LogP contribution in [-0.2, 0) is 20.3 Å². The number of nitrogens with one attached hydrogen (secondary N) is 2. The Balaban J connectivity index is 0.000000978. The highest BCUT2D eigenvalue weighted by molar-refractivity contribution is 7.85. The number of carbonyl (C=O) groups excluding carboxylic acids is 2. The Hall–Kier alpha value is -3.97. The number of urea groups is 1. The van der Waals surface area contributed by atoms with Crippen LogP contribution in [0.1, 0.15) is 58.7 Å². The minimum Gasteiger partial charge on any atom is -0.353 e. The van der Waals surface area contributed by atoms with E-state index in [2.05, 4.69) is 55.1 Å². The van der Waals surface area contributed by atoms with Crippen LogP contribution in [0.2, 0.25) is 0 Å². The first-order valence-electron chi connectivity index (χ1n) is 14.7. The molecule has 0 bridgehead atoms. The zero-order valence-electron chi connectivity index (χ0n) is 26.7. The third kappa shape index (κ3) is 10.6. The molecule has 0 aliphatic carbocycles. The van der Waals surface area contributed by atoms with Crippen molar-refractivity contribution in [1.82, 2.24) is 19.7 Å². The number of hydrogen-bond donors (Lipinski definition) is 3. The lowest BCUT2D eigenvalue weighted by Crippen LogP contribution is -2.49. The summed E-state index contributed by atoms with van der Waals surface area (Å²) in [5.41, 5.74) is 3.33. The Labute approximate surface area is 260 Å². The van der Waals surface area contributed by atoms with E-state index in [1.807, 2.05) is 54.3 Å². The van der Waals surface area contributed by atoms with Crippen molar-refractivity contribution in [3.63, 3.8) is 0 Å². The van der Waals surface area contributed by atoms with E-state index in [4.69, 9.17) is 9.65 Å². The van der Waals surface area contributed by atoms with Crippen LogP contribution in [0.25, 0.3) is 5.69 Å². The highest BCUT2D eigenvalue weighted by atomic mass is 32.2. The largest absolute Gasteiger partial charge is 0.353 e. The second-order valence-corrected chi connectivity index (χ2v) is 13.7. The highest BCUT2D eigenvalue weighted by Gasteiger charge is 2.24. The van der Waals surface area contributed by atoms with Gasteiger partial charge in [-0.25, -0.2) is 14.5 Å². The average Bonchev–Trinajstić information content (AvgIpc) is 3.37. The lowest BCUT2D eigenvalue weighted by Gasteiger charge is -2.35. The Morgan fingerprint density at radius 2 is 1.64 bits per heavy atom. The maximum absolute atomic E-state index is 12.9. The fourth-order valence-corrected chi connectivity index (χ4v) is 4.40. The summed E-state index contributed by atoms with van der Waals surface area (Å²) in [5, 5.41) is 10.6. The molecule has 240 valence electrons. The van der Waals surface area contributed by atoms with Crippen molar-refractivity contribution in [1.29, 1.82) is 0 Å². The van der Waals surface area contributed by atoms with Crippen LogP contribution in [0.15, 0.2) is 48.7 Å². The molecule has 3 amide bonds. The summed E-state index contributed by atoms with van der Waals surface area (Å²) >= 11 is 0. The lowest BCUT2D eigenvalue weighted by atomic mass is 9.92. The summed E-state index contributed by atoms with van der Waals surface area (Å²) < 4.78 is 27.6. The first-order chi connectivity index (χ1) is 20.5. The smallest absolute Gasteiger partial charge is 0.324 e. The Bertz CT molecular complexity index is 1500. The van der Waals surface area contributed by atoms with Gasteiger partial charge in [0.1, 0.15) is 11.6 Å². The molecule has 0 spiro atoms. The minimum absolute atomic E-state index is 0.171. The van der Waals surface area contributed by atoms with Gasteiger partial charge in [0.2, 0.25) is 5.91 Å². The molecule has 13 heteroatoms. The molecule has 3 N–H and O–H groups in total. The fourth-order valence-electron chi connectivity index (χ4n) is 4.40. The molecule has 44 heavy (non-hydrogen) atoms. The third-order valence-electron chi connectivity index (χ3n) is 7.18. The SMILES string of the molecule is CCC(C)CC(=O)N1CCN(c2ccc(NC(=O)Nc3cc(C(C)(C)C)nn3-c3ccc(C)cc3)cn2)CC1.CS(=O)(=O)O. The number of carbonyl (C=O) groups is 2. The van der Waals surface area contributed by atoms with Crippen LogP contribution < -0.4 is 15.5 Å². The van der Waals surface area contributed by atoms with Gasteiger partial charge >= 0.3 is 6.03 Å². The third-order valence-corrected chi connectivity index (χ3v) is 7.18. The number of aryl methyl sites for hydroxylation is 1. The van der Waals surface area contributed by atoms with E-state index in [9.17, 15) is 18.0 Å². The monoisotopic (exact) mass is 627 g/mol. The number of rotatable bonds is 7. The number of anilines is 3. The fraction of sp³-hybridized carbons (Fsp3) is 0.484. The Morgan fingerprint density at radius 3 is 2.16 bits per heavy atom. The van der Waals surface area contributed by atoms with Gasteiger partial charge in [0.15, 0.2) is 0 Å². The number of pyridine rings is 1. The predicted molar refractivity (Wildman–Crippen MR) is 174 cm³/mol. The molecule has 1 saturated heterocycles. The summed E-state index contributed by atoms with van der Waals surface area (Å²) in [7, 11) is -3.67. The summed E-state index contributed by atoms with van der Waals surface area (Å²) in [5.74, 6) is 2.08. The average molecular weight is 628 g/mol. The Morgan fingerprint density at radius 1 is 1.02 bits per heavy atom. The quantitative estimate of drug-likeness (QED) is 0.306. The van der Waals surface area contributed by atoms with Crippen LogP contribution in [0, 0.1) is 12.8 Å². The molecule has 1 aliphatic rings. The Kier molecular flexibility index (Phi) is 11.5. The van der Waals surface area contributed by atoms with Crippen molar-refractivity contribution in [2.75, 3.05) is 48.0 Å². The van der Waals surface area contributed by atoms with Gasteiger partial charge in [0.05, 0.1) is 29.5 Å². The lowest BCUT2D eigenvalue weighted by molar-refractivity contribution is -0.132. The second-order valence-electron chi connectivity index (χ2n) is 12.2. The highest BCUT2D eigenvalue weighted by Crippen LogP contribution is 2.27. The van der Waals surface area contributed by atoms with Crippen LogP contribution in [0.4, 0.5) is 22.1 Å². The number of amides is 3. The molecule has 1 fully saturated rings. The maximum atomic E-state index is 12.9. The van der Waals surface area contributed by atoms with Gasteiger partial charge in [-0.3, -0.25) is 14.7 Å². The van der Waals surface area contributed by atoms with Crippen molar-refractivity contribution < 1.29 is 22.6 Å². The molecule has 0 radical (unpaired) electrons. The van der Waals surface area contributed by atoms with E-state index in [0.29, 0.717) is 43.2 Å². The van der Waals surface area contributed by atoms with Gasteiger partial charge in [-0.2, -0.15) is 13.5 Å². The molecule has 4 rings (SSSR count). The van der Waals surface area contributed by atoms with Gasteiger partial charge in [0.25, 0.3) is 10.1 Å². The standard InChI is InChI=1S/C30H41N7O2.CH4O3S/c1-7-21(2)18-28(38)36-16-14-35(15-17-36)26-13-10-23(20-31-26)32-29(39)33-27-19-25(30(4,5)6)34-37(27)24-11-8-22(3)9-12-24;1-5(2,3)4/h8-13,19-21H,7,14-18H2,1-6H3,(H2,32,33,39);1H3,(H,2,3,4). The molecule has 12 nitrogen and oxygen atoms in total.